The minimum atomic E-state index is -0.131. The molecule has 41 heavy (non-hydrogen) atoms. The van der Waals surface area contributed by atoms with Gasteiger partial charge >= 0.3 is 0 Å². The molecule has 210 valence electrons. The Balaban J connectivity index is 1.21. The van der Waals surface area contributed by atoms with Crippen LogP contribution >= 0.6 is 0 Å². The van der Waals surface area contributed by atoms with Crippen LogP contribution in [0.25, 0.3) is 33.4 Å². The molecular formula is C32H34N6O3. The number of nitrogens with zero attached hydrogens (tertiary/aromatic N) is 5. The Morgan fingerprint density at radius 3 is 2.63 bits per heavy atom. The van der Waals surface area contributed by atoms with Gasteiger partial charge < -0.3 is 29.2 Å². The third kappa shape index (κ3) is 5.75. The van der Waals surface area contributed by atoms with Crippen molar-refractivity contribution in [1.29, 1.82) is 5.26 Å². The summed E-state index contributed by atoms with van der Waals surface area (Å²) in [4.78, 5) is 26.5. The molecule has 2 fully saturated rings. The minimum absolute atomic E-state index is 0.0950. The van der Waals surface area contributed by atoms with E-state index in [1.54, 1.807) is 6.20 Å². The monoisotopic (exact) mass is 550 g/mol. The highest BCUT2D eigenvalue weighted by molar-refractivity contribution is 5.96. The number of pyridine rings is 1. The number of aromatic nitrogens is 2. The van der Waals surface area contributed by atoms with E-state index in [0.29, 0.717) is 30.9 Å². The normalized spacial score (nSPS) is 17.3. The first kappa shape index (κ1) is 26.8. The van der Waals surface area contributed by atoms with Gasteiger partial charge in [-0.15, -0.1) is 0 Å². The molecule has 1 unspecified atom stereocenters. The van der Waals surface area contributed by atoms with Crippen LogP contribution in [0.4, 0.5) is 5.69 Å². The van der Waals surface area contributed by atoms with E-state index in [-0.39, 0.29) is 12.0 Å². The van der Waals surface area contributed by atoms with Gasteiger partial charge in [0.25, 0.3) is 0 Å². The summed E-state index contributed by atoms with van der Waals surface area (Å²) in [5, 5.41) is 10.9. The van der Waals surface area contributed by atoms with Gasteiger partial charge in [0.05, 0.1) is 31.9 Å². The first-order valence-corrected chi connectivity index (χ1v) is 14.0. The number of nitrogens with one attached hydrogen (secondary N) is 1. The topological polar surface area (TPSA) is 97.7 Å². The molecule has 1 N–H and O–H groups in total. The lowest BCUT2D eigenvalue weighted by molar-refractivity contribution is -0.131. The molecule has 0 bridgehead atoms. The van der Waals surface area contributed by atoms with Crippen LogP contribution in [-0.2, 0) is 9.53 Å². The van der Waals surface area contributed by atoms with Gasteiger partial charge in [-0.3, -0.25) is 4.79 Å². The third-order valence-electron chi connectivity index (χ3n) is 7.74. The fraction of sp³-hybridized carbons (Fsp3) is 0.344. The molecule has 2 aliphatic heterocycles. The van der Waals surface area contributed by atoms with Gasteiger partial charge in [0.2, 0.25) is 5.91 Å². The van der Waals surface area contributed by atoms with Gasteiger partial charge in [-0.1, -0.05) is 18.2 Å². The number of likely N-dealkylation sites (N-methyl/N-ethyl adjacent to an activating group) is 1. The van der Waals surface area contributed by atoms with Crippen LogP contribution in [0.1, 0.15) is 12.0 Å². The second-order valence-electron chi connectivity index (χ2n) is 10.9. The number of fused-ring (bicyclic) bond motifs is 1. The first-order valence-electron chi connectivity index (χ1n) is 14.0. The van der Waals surface area contributed by atoms with Crippen LogP contribution in [-0.4, -0.2) is 91.8 Å². The number of nitriles is 1. The van der Waals surface area contributed by atoms with Crippen LogP contribution in [0.15, 0.2) is 60.8 Å². The van der Waals surface area contributed by atoms with E-state index in [1.165, 1.54) is 5.69 Å². The van der Waals surface area contributed by atoms with Crippen molar-refractivity contribution in [1.82, 2.24) is 19.8 Å². The van der Waals surface area contributed by atoms with Gasteiger partial charge in [0, 0.05) is 49.0 Å². The average molecular weight is 551 g/mol. The zero-order chi connectivity index (χ0) is 28.3. The molecule has 2 saturated heterocycles. The zero-order valence-corrected chi connectivity index (χ0v) is 23.5. The molecule has 6 rings (SSSR count). The van der Waals surface area contributed by atoms with Crippen molar-refractivity contribution in [2.75, 3.05) is 64.9 Å². The molecule has 2 aromatic carbocycles. The molecule has 4 heterocycles. The van der Waals surface area contributed by atoms with Gasteiger partial charge in [0.1, 0.15) is 23.6 Å². The van der Waals surface area contributed by atoms with Crippen LogP contribution in [0, 0.1) is 11.3 Å². The smallest absolute Gasteiger partial charge is 0.236 e. The van der Waals surface area contributed by atoms with Crippen LogP contribution in [0.5, 0.6) is 5.75 Å². The first-order chi connectivity index (χ1) is 20.0. The highest BCUT2D eigenvalue weighted by Crippen LogP contribution is 2.34. The number of anilines is 1. The van der Waals surface area contributed by atoms with Crippen molar-refractivity contribution in [3.63, 3.8) is 0 Å². The summed E-state index contributed by atoms with van der Waals surface area (Å²) >= 11 is 0. The molecule has 9 heteroatoms. The maximum atomic E-state index is 12.4. The summed E-state index contributed by atoms with van der Waals surface area (Å²) in [6.45, 7) is 4.91. The average Bonchev–Trinajstić information content (AvgIpc) is 3.65. The highest BCUT2D eigenvalue weighted by atomic mass is 16.5. The molecule has 2 aliphatic rings. The number of ether oxygens (including phenoxy) is 2. The fourth-order valence-corrected chi connectivity index (χ4v) is 5.60. The van der Waals surface area contributed by atoms with E-state index in [9.17, 15) is 10.1 Å². The fourth-order valence-electron chi connectivity index (χ4n) is 5.60. The van der Waals surface area contributed by atoms with E-state index in [1.807, 2.05) is 48.2 Å². The van der Waals surface area contributed by atoms with Gasteiger partial charge in [-0.2, -0.15) is 5.26 Å². The summed E-state index contributed by atoms with van der Waals surface area (Å²) in [5.74, 6) is 0.640. The lowest BCUT2D eigenvalue weighted by Crippen LogP contribution is -2.37. The predicted molar refractivity (Wildman–Crippen MR) is 159 cm³/mol. The maximum absolute atomic E-state index is 12.4. The maximum Gasteiger partial charge on any atom is 0.236 e. The molecular weight excluding hydrogens is 516 g/mol. The molecule has 1 amide bonds. The summed E-state index contributed by atoms with van der Waals surface area (Å²) in [6.07, 6.45) is 2.40. The summed E-state index contributed by atoms with van der Waals surface area (Å²) in [5.41, 5.74) is 6.45. The Labute approximate surface area is 239 Å². The SMILES string of the molecule is CN(C)CC(=O)N1CCC(Oc2ccc(-c3ccnc4[nH]c(-c5ccc(N6CCOCC6)cc5)cc34)cc2C#N)C1. The van der Waals surface area contributed by atoms with Crippen molar-refractivity contribution in [2.24, 2.45) is 0 Å². The highest BCUT2D eigenvalue weighted by Gasteiger charge is 2.28. The Morgan fingerprint density at radius 1 is 1.10 bits per heavy atom. The van der Waals surface area contributed by atoms with E-state index in [4.69, 9.17) is 9.47 Å². The molecule has 0 radical (unpaired) electrons. The summed E-state index contributed by atoms with van der Waals surface area (Å²) in [7, 11) is 3.77. The number of hydrogen-bond acceptors (Lipinski definition) is 7. The molecule has 2 aromatic heterocycles. The molecule has 0 aliphatic carbocycles. The van der Waals surface area contributed by atoms with E-state index < -0.39 is 0 Å². The van der Waals surface area contributed by atoms with Gasteiger partial charge in [0.15, 0.2) is 0 Å². The van der Waals surface area contributed by atoms with Crippen molar-refractivity contribution in [3.8, 4) is 34.2 Å². The summed E-state index contributed by atoms with van der Waals surface area (Å²) < 4.78 is 11.7. The number of likely N-dealkylation sites (tertiary alicyclic amines) is 1. The number of benzene rings is 2. The van der Waals surface area contributed by atoms with Crippen LogP contribution in [0.2, 0.25) is 0 Å². The van der Waals surface area contributed by atoms with Crippen LogP contribution < -0.4 is 9.64 Å². The molecule has 0 spiro atoms. The Kier molecular flexibility index (Phi) is 7.59. The van der Waals surface area contributed by atoms with Crippen molar-refractivity contribution in [3.05, 3.63) is 66.4 Å². The molecule has 9 nitrogen and oxygen atoms in total. The number of carbonyl (C=O) groups is 1. The lowest BCUT2D eigenvalue weighted by atomic mass is 10.0. The third-order valence-corrected chi connectivity index (χ3v) is 7.74. The van der Waals surface area contributed by atoms with Crippen molar-refractivity contribution < 1.29 is 14.3 Å². The predicted octanol–water partition coefficient (Wildman–Crippen LogP) is 4.15. The van der Waals surface area contributed by atoms with E-state index in [2.05, 4.69) is 51.3 Å². The largest absolute Gasteiger partial charge is 0.487 e. The zero-order valence-electron chi connectivity index (χ0n) is 23.5. The lowest BCUT2D eigenvalue weighted by Gasteiger charge is -2.28. The Hall–Kier alpha value is -4.39. The standard InChI is InChI=1S/C32H34N6O3/c1-36(2)21-31(39)38-12-10-26(20-38)41-30-8-5-23(17-24(30)19-33)27-9-11-34-32-28(27)18-29(35-32)22-3-6-25(7-4-22)37-13-15-40-16-14-37/h3-9,11,17-18,26H,10,12-16,20-21H2,1-2H3,(H,34,35). The number of hydrogen-bond donors (Lipinski definition) is 1. The van der Waals surface area contributed by atoms with Gasteiger partial charge in [-0.05, 0) is 67.2 Å². The molecule has 1 atom stereocenters. The minimum Gasteiger partial charge on any atom is -0.487 e. The van der Waals surface area contributed by atoms with Crippen molar-refractivity contribution in [2.45, 2.75) is 12.5 Å². The number of H-pyrrole nitrogens is 1. The Morgan fingerprint density at radius 2 is 1.88 bits per heavy atom. The second kappa shape index (κ2) is 11.6. The van der Waals surface area contributed by atoms with E-state index in [0.717, 1.165) is 66.1 Å². The quantitative estimate of drug-likeness (QED) is 0.369. The van der Waals surface area contributed by atoms with Gasteiger partial charge in [-0.25, -0.2) is 4.98 Å². The van der Waals surface area contributed by atoms with Crippen molar-refractivity contribution >= 4 is 22.6 Å². The summed E-state index contributed by atoms with van der Waals surface area (Å²) in [6, 6.07) is 20.7. The molecule has 4 aromatic rings. The second-order valence-corrected chi connectivity index (χ2v) is 10.9. The number of aromatic amines is 1. The number of carbonyl (C=O) groups excluding carboxylic acids is 1. The molecule has 0 saturated carbocycles. The number of morpholine rings is 1. The number of rotatable bonds is 7. The number of amides is 1. The Bertz CT molecular complexity index is 1580. The van der Waals surface area contributed by atoms with Crippen LogP contribution in [0.3, 0.4) is 0 Å². The van der Waals surface area contributed by atoms with E-state index >= 15 is 0 Å².